The van der Waals surface area contributed by atoms with Crippen LogP contribution in [-0.4, -0.2) is 120 Å². The van der Waals surface area contributed by atoms with Crippen LogP contribution < -0.4 is 49.1 Å². The van der Waals surface area contributed by atoms with Crippen molar-refractivity contribution in [1.29, 1.82) is 0 Å². The van der Waals surface area contributed by atoms with Gasteiger partial charge in [-0.1, -0.05) is 94.0 Å². The molecule has 0 spiro atoms. The van der Waals surface area contributed by atoms with Gasteiger partial charge in [-0.15, -0.1) is 0 Å². The number of aromatic nitrogens is 1. The number of carbonyl (C=O) groups is 7. The van der Waals surface area contributed by atoms with E-state index >= 15 is 4.79 Å². The molecule has 3 aromatic rings. The topological polar surface area (TPSA) is 301 Å². The molecule has 13 N–H and O–H groups in total. The number of aromatic amines is 1. The molecule has 7 atom stereocenters. The van der Waals surface area contributed by atoms with Gasteiger partial charge in [0.1, 0.15) is 36.3 Å². The number of hydrogen-bond donors (Lipinski definition) is 10. The van der Waals surface area contributed by atoms with Crippen LogP contribution in [0.4, 0.5) is 0 Å². The fourth-order valence-corrected chi connectivity index (χ4v) is 10.1. The van der Waals surface area contributed by atoms with Gasteiger partial charge in [-0.25, -0.2) is 0 Å². The normalized spacial score (nSPS) is 23.5. The maximum atomic E-state index is 15.0. The van der Waals surface area contributed by atoms with Gasteiger partial charge in [-0.3, -0.25) is 38.6 Å². The molecule has 1 aliphatic carbocycles. The van der Waals surface area contributed by atoms with Gasteiger partial charge in [0.2, 0.25) is 41.4 Å². The number of aliphatic imine (C=N–C) groups is 1. The summed E-state index contributed by atoms with van der Waals surface area (Å²) < 4.78 is 0. The second kappa shape index (κ2) is 27.2. The van der Waals surface area contributed by atoms with Crippen molar-refractivity contribution in [2.24, 2.45) is 34.0 Å². The average Bonchev–Trinajstić information content (AvgIpc) is 4.03. The molecule has 2 aliphatic heterocycles. The molecule has 19 nitrogen and oxygen atoms in total. The summed E-state index contributed by atoms with van der Waals surface area (Å²) in [6.45, 7) is 2.77. The third kappa shape index (κ3) is 16.0. The number of benzene rings is 2. The van der Waals surface area contributed by atoms with Crippen molar-refractivity contribution in [2.75, 3.05) is 26.2 Å². The van der Waals surface area contributed by atoms with Crippen molar-refractivity contribution >= 4 is 58.2 Å². The molecule has 19 heteroatoms. The number of nitrogens with two attached hydrogens (primary N) is 3. The van der Waals surface area contributed by atoms with Crippen molar-refractivity contribution in [3.8, 4) is 0 Å². The van der Waals surface area contributed by atoms with E-state index in [1.165, 1.54) is 4.90 Å². The lowest BCUT2D eigenvalue weighted by Gasteiger charge is -2.34. The summed E-state index contributed by atoms with van der Waals surface area (Å²) in [7, 11) is 0. The van der Waals surface area contributed by atoms with Gasteiger partial charge in [0, 0.05) is 56.0 Å². The molecule has 0 radical (unpaired) electrons. The standard InChI is InChI=1S/C52H76N12O7/c1-33-24-27-56-46(66)39(21-13-26-57-52(54)55)60-48(68)42(31-36-32-58-38-20-11-10-19-37(36)38)61-47(67)41(30-35-17-7-3-8-18-35)62-50(70)43-22-14-28-64(43)51(71)45(33)63-49(69)40(29-34-15-5-2-6-16-34)59-44(65)23-9-4-12-25-53/h2,5-6,10-11,15-16,19-20,32-33,35,39-43,45,58H,3-4,7-9,12-14,17-18,21-31,53H2,1H3,(H,56,66)(H,59,65)(H,60,68)(H,61,67)(H,62,70)(H,63,69)(H4,54,55,57)/t33-,39?,40-,41+,42?,43?,45?/m0/s1. The van der Waals surface area contributed by atoms with Crippen LogP contribution in [-0.2, 0) is 46.4 Å². The predicted octanol–water partition coefficient (Wildman–Crippen LogP) is 2.07. The number of guanidine groups is 1. The first-order valence-electron chi connectivity index (χ1n) is 25.7. The molecular formula is C52H76N12O7. The number of para-hydroxylation sites is 1. The van der Waals surface area contributed by atoms with Gasteiger partial charge in [0.25, 0.3) is 0 Å². The Morgan fingerprint density at radius 3 is 2.27 bits per heavy atom. The quantitative estimate of drug-likeness (QED) is 0.0503. The number of hydrogen-bond acceptors (Lipinski definition) is 9. The zero-order chi connectivity index (χ0) is 50.7. The number of rotatable bonds is 18. The molecule has 0 bridgehead atoms. The van der Waals surface area contributed by atoms with E-state index in [2.05, 4.69) is 41.9 Å². The highest BCUT2D eigenvalue weighted by Gasteiger charge is 2.42. The van der Waals surface area contributed by atoms with Crippen molar-refractivity contribution in [3.05, 3.63) is 71.9 Å². The first-order chi connectivity index (χ1) is 34.3. The smallest absolute Gasteiger partial charge is 0.246 e. The third-order valence-corrected chi connectivity index (χ3v) is 14.1. The highest BCUT2D eigenvalue weighted by atomic mass is 16.2. The molecule has 386 valence electrons. The Hall–Kier alpha value is -6.50. The molecule has 71 heavy (non-hydrogen) atoms. The Balaban J connectivity index is 1.32. The van der Waals surface area contributed by atoms with Gasteiger partial charge in [-0.05, 0) is 86.9 Å². The average molecular weight is 981 g/mol. The van der Waals surface area contributed by atoms with Crippen LogP contribution in [0.2, 0.25) is 0 Å². The molecule has 3 fully saturated rings. The van der Waals surface area contributed by atoms with Crippen molar-refractivity contribution in [1.82, 2.24) is 41.8 Å². The first kappa shape index (κ1) is 53.8. The molecule has 2 aromatic carbocycles. The van der Waals surface area contributed by atoms with E-state index < -0.39 is 77.6 Å². The summed E-state index contributed by atoms with van der Waals surface area (Å²) in [6, 6.07) is 10.4. The van der Waals surface area contributed by atoms with E-state index in [0.29, 0.717) is 38.6 Å². The Kier molecular flexibility index (Phi) is 20.6. The second-order valence-electron chi connectivity index (χ2n) is 19.6. The van der Waals surface area contributed by atoms with Gasteiger partial charge < -0.3 is 59.0 Å². The lowest BCUT2D eigenvalue weighted by molar-refractivity contribution is -0.143. The van der Waals surface area contributed by atoms with E-state index in [4.69, 9.17) is 17.2 Å². The number of H-pyrrole nitrogens is 1. The number of nitrogens with one attached hydrogen (secondary N) is 7. The minimum atomic E-state index is -1.17. The number of amides is 7. The molecular weight excluding hydrogens is 905 g/mol. The molecule has 4 unspecified atom stereocenters. The fourth-order valence-electron chi connectivity index (χ4n) is 10.1. The largest absolute Gasteiger partial charge is 0.370 e. The van der Waals surface area contributed by atoms with E-state index in [0.717, 1.165) is 67.0 Å². The minimum absolute atomic E-state index is 0.0508. The molecule has 3 aliphatic rings. The molecule has 3 heterocycles. The number of unbranched alkanes of at least 4 members (excludes halogenated alkanes) is 2. The summed E-state index contributed by atoms with van der Waals surface area (Å²) in [5, 5.41) is 18.6. The SMILES string of the molecule is C[C@H]1CCNC(=O)C(CCCN=C(N)N)NC(=O)C(Cc2c[nH]c3ccccc23)NC(=O)[C@@H](CC2CCCCC2)NC(=O)C2CCCN2C(=O)C1NC(=O)[C@H](Cc1ccccc1)NC(=O)CCCCCN. The number of fused-ring (bicyclic) bond motifs is 2. The lowest BCUT2D eigenvalue weighted by Crippen LogP contribution is -2.61. The van der Waals surface area contributed by atoms with E-state index in [-0.39, 0.29) is 69.5 Å². The van der Waals surface area contributed by atoms with Gasteiger partial charge >= 0.3 is 0 Å². The molecule has 1 saturated carbocycles. The third-order valence-electron chi connectivity index (χ3n) is 14.1. The summed E-state index contributed by atoms with van der Waals surface area (Å²) in [5.41, 5.74) is 19.3. The van der Waals surface area contributed by atoms with E-state index in [1.54, 1.807) is 13.1 Å². The molecule has 6 rings (SSSR count). The van der Waals surface area contributed by atoms with Crippen LogP contribution in [0.3, 0.4) is 0 Å². The summed E-state index contributed by atoms with van der Waals surface area (Å²) in [5.74, 6) is -4.09. The Morgan fingerprint density at radius 1 is 0.789 bits per heavy atom. The number of nitrogens with zero attached hydrogens (tertiary/aromatic N) is 2. The van der Waals surface area contributed by atoms with Crippen molar-refractivity contribution < 1.29 is 33.6 Å². The molecule has 2 saturated heterocycles. The lowest BCUT2D eigenvalue weighted by atomic mass is 9.84. The summed E-state index contributed by atoms with van der Waals surface area (Å²) >= 11 is 0. The molecule has 7 amide bonds. The fraction of sp³-hybridized carbons (Fsp3) is 0.577. The van der Waals surface area contributed by atoms with Crippen LogP contribution >= 0.6 is 0 Å². The highest BCUT2D eigenvalue weighted by Crippen LogP contribution is 2.29. The van der Waals surface area contributed by atoms with Crippen LogP contribution in [0, 0.1) is 11.8 Å². The summed E-state index contributed by atoms with van der Waals surface area (Å²) in [6.07, 6.45) is 11.0. The predicted molar refractivity (Wildman–Crippen MR) is 272 cm³/mol. The van der Waals surface area contributed by atoms with Gasteiger partial charge in [0.05, 0.1) is 0 Å². The van der Waals surface area contributed by atoms with Crippen molar-refractivity contribution in [2.45, 2.75) is 152 Å². The van der Waals surface area contributed by atoms with Crippen molar-refractivity contribution in [3.63, 3.8) is 0 Å². The second-order valence-corrected chi connectivity index (χ2v) is 19.6. The Labute approximate surface area is 416 Å². The zero-order valence-corrected chi connectivity index (χ0v) is 41.2. The Bertz CT molecular complexity index is 2300. The molecule has 1 aromatic heterocycles. The van der Waals surface area contributed by atoms with Gasteiger partial charge in [0.15, 0.2) is 5.96 Å². The van der Waals surface area contributed by atoms with Crippen LogP contribution in [0.1, 0.15) is 114 Å². The monoisotopic (exact) mass is 981 g/mol. The number of carbonyl (C=O) groups excluding carboxylic acids is 7. The van der Waals surface area contributed by atoms with Crippen LogP contribution in [0.5, 0.6) is 0 Å². The Morgan fingerprint density at radius 2 is 1.51 bits per heavy atom. The zero-order valence-electron chi connectivity index (χ0n) is 41.2. The minimum Gasteiger partial charge on any atom is -0.370 e. The van der Waals surface area contributed by atoms with Crippen LogP contribution in [0.15, 0.2) is 65.8 Å². The van der Waals surface area contributed by atoms with Crippen LogP contribution in [0.25, 0.3) is 10.9 Å². The van der Waals surface area contributed by atoms with E-state index in [9.17, 15) is 28.8 Å². The maximum Gasteiger partial charge on any atom is 0.246 e. The van der Waals surface area contributed by atoms with Gasteiger partial charge in [-0.2, -0.15) is 0 Å². The first-order valence-corrected chi connectivity index (χ1v) is 25.7. The summed E-state index contributed by atoms with van der Waals surface area (Å²) in [4.78, 5) is 110. The highest BCUT2D eigenvalue weighted by molar-refractivity contribution is 5.98. The maximum absolute atomic E-state index is 15.0. The van der Waals surface area contributed by atoms with E-state index in [1.807, 2.05) is 54.6 Å².